The molecule has 25 heavy (non-hydrogen) atoms. The molecule has 8 nitrogen and oxygen atoms in total. The Bertz CT molecular complexity index is 724. The highest BCUT2D eigenvalue weighted by atomic mass is 32.2. The molecule has 0 aliphatic carbocycles. The van der Waals surface area contributed by atoms with E-state index in [9.17, 15) is 17.7 Å². The fraction of sp³-hybridized carbons (Fsp3) is 0.462. The molecule has 0 fully saturated rings. The summed E-state index contributed by atoms with van der Waals surface area (Å²) < 4.78 is 56.7. The Labute approximate surface area is 145 Å². The first kappa shape index (κ1) is 19.3. The standard InChI is InChI=1S/C13H17F3N6O2S/c1-8-10(7-22(21-8)25(23)5-4-24-3)19-12-18-6-9(13(14,15)16)11(17-2)20-12/h6-7H,4-5H2,1-3H3,(H2,17,18,19,20). The average Bonchev–Trinajstić information content (AvgIpc) is 2.92. The number of nitrogens with one attached hydrogen (secondary N) is 2. The van der Waals surface area contributed by atoms with Crippen molar-refractivity contribution in [2.75, 3.05) is 37.2 Å². The quantitative estimate of drug-likeness (QED) is 0.710. The second-order valence-electron chi connectivity index (χ2n) is 4.88. The first-order valence-electron chi connectivity index (χ1n) is 7.09. The van der Waals surface area contributed by atoms with E-state index in [1.54, 1.807) is 6.92 Å². The summed E-state index contributed by atoms with van der Waals surface area (Å²) in [5, 5.41) is 9.28. The Morgan fingerprint density at radius 3 is 2.72 bits per heavy atom. The Morgan fingerprint density at radius 2 is 2.12 bits per heavy atom. The molecule has 0 aliphatic rings. The molecule has 0 amide bonds. The van der Waals surface area contributed by atoms with Gasteiger partial charge in [0.25, 0.3) is 0 Å². The molecular formula is C13H17F3N6O2S. The highest BCUT2D eigenvalue weighted by Gasteiger charge is 2.35. The predicted molar refractivity (Wildman–Crippen MR) is 87.1 cm³/mol. The van der Waals surface area contributed by atoms with Crippen molar-refractivity contribution < 1.29 is 22.5 Å². The fourth-order valence-corrected chi connectivity index (χ4v) is 2.80. The first-order chi connectivity index (χ1) is 11.8. The predicted octanol–water partition coefficient (Wildman–Crippen LogP) is 1.94. The highest BCUT2D eigenvalue weighted by Crippen LogP contribution is 2.33. The molecule has 2 aromatic rings. The molecule has 2 rings (SSSR count). The normalized spacial score (nSPS) is 12.9. The van der Waals surface area contributed by atoms with Gasteiger partial charge in [0.05, 0.1) is 29.4 Å². The number of nitrogens with zero attached hydrogens (tertiary/aromatic N) is 4. The van der Waals surface area contributed by atoms with Crippen LogP contribution in [0.1, 0.15) is 11.3 Å². The summed E-state index contributed by atoms with van der Waals surface area (Å²) in [4.78, 5) is 7.49. The van der Waals surface area contributed by atoms with Gasteiger partial charge in [0.2, 0.25) is 5.95 Å². The van der Waals surface area contributed by atoms with Crippen LogP contribution < -0.4 is 10.6 Å². The first-order valence-corrected chi connectivity index (χ1v) is 8.37. The van der Waals surface area contributed by atoms with Gasteiger partial charge in [0.1, 0.15) is 17.6 Å². The fourth-order valence-electron chi connectivity index (χ4n) is 1.87. The lowest BCUT2D eigenvalue weighted by molar-refractivity contribution is -0.137. The van der Waals surface area contributed by atoms with Gasteiger partial charge in [0.15, 0.2) is 5.75 Å². The maximum atomic E-state index is 12.9. The van der Waals surface area contributed by atoms with E-state index >= 15 is 0 Å². The molecule has 2 N–H and O–H groups in total. The monoisotopic (exact) mass is 378 g/mol. The molecule has 0 bridgehead atoms. The molecule has 2 aromatic heterocycles. The maximum absolute atomic E-state index is 12.9. The van der Waals surface area contributed by atoms with Crippen LogP contribution in [0.15, 0.2) is 12.4 Å². The van der Waals surface area contributed by atoms with Crippen LogP contribution in [0.3, 0.4) is 0 Å². The number of rotatable bonds is 7. The molecule has 138 valence electrons. The Balaban J connectivity index is 2.21. The summed E-state index contributed by atoms with van der Waals surface area (Å²) in [7, 11) is 2.84. The summed E-state index contributed by atoms with van der Waals surface area (Å²) in [5.74, 6) is -0.126. The minimum absolute atomic E-state index is 0.0392. The third kappa shape index (κ3) is 4.74. The van der Waals surface area contributed by atoms with Crippen molar-refractivity contribution in [1.29, 1.82) is 0 Å². The van der Waals surface area contributed by atoms with Gasteiger partial charge >= 0.3 is 6.18 Å². The van der Waals surface area contributed by atoms with Gasteiger partial charge in [-0.2, -0.15) is 18.2 Å². The van der Waals surface area contributed by atoms with E-state index in [0.717, 1.165) is 0 Å². The second-order valence-corrected chi connectivity index (χ2v) is 6.30. The zero-order chi connectivity index (χ0) is 18.6. The van der Waals surface area contributed by atoms with Crippen LogP contribution in [0.25, 0.3) is 0 Å². The number of hydrogen-bond donors (Lipinski definition) is 2. The number of anilines is 3. The van der Waals surface area contributed by atoms with E-state index in [1.165, 1.54) is 24.4 Å². The molecule has 2 heterocycles. The van der Waals surface area contributed by atoms with Gasteiger partial charge < -0.3 is 19.9 Å². The molecule has 12 heteroatoms. The van der Waals surface area contributed by atoms with Crippen molar-refractivity contribution in [2.24, 2.45) is 0 Å². The number of aromatic nitrogens is 4. The van der Waals surface area contributed by atoms with Gasteiger partial charge in [0, 0.05) is 20.4 Å². The lowest BCUT2D eigenvalue weighted by atomic mass is 10.3. The third-order valence-electron chi connectivity index (χ3n) is 3.13. The topological polar surface area (TPSA) is 100.0 Å². The lowest BCUT2D eigenvalue weighted by Crippen LogP contribution is -2.20. The van der Waals surface area contributed by atoms with E-state index in [4.69, 9.17) is 4.74 Å². The van der Waals surface area contributed by atoms with E-state index in [0.29, 0.717) is 24.2 Å². The number of halogens is 3. The molecule has 0 aliphatic heterocycles. The van der Waals surface area contributed by atoms with E-state index < -0.39 is 23.1 Å². The molecular weight excluding hydrogens is 361 g/mol. The van der Waals surface area contributed by atoms with Crippen LogP contribution in [0.2, 0.25) is 0 Å². The van der Waals surface area contributed by atoms with Gasteiger partial charge in [-0.05, 0) is 6.92 Å². The molecule has 0 saturated carbocycles. The van der Waals surface area contributed by atoms with Gasteiger partial charge in [-0.3, -0.25) is 0 Å². The average molecular weight is 378 g/mol. The Kier molecular flexibility index (Phi) is 6.08. The smallest absolute Gasteiger partial charge is 0.421 e. The van der Waals surface area contributed by atoms with Crippen LogP contribution in [-0.2, 0) is 22.3 Å². The Hall–Kier alpha value is -2.05. The lowest BCUT2D eigenvalue weighted by Gasteiger charge is -2.12. The minimum Gasteiger partial charge on any atom is -0.591 e. The summed E-state index contributed by atoms with van der Waals surface area (Å²) >= 11 is -1.41. The number of ether oxygens (including phenoxy) is 1. The van der Waals surface area contributed by atoms with E-state index in [-0.39, 0.29) is 17.5 Å². The molecule has 0 radical (unpaired) electrons. The minimum atomic E-state index is -4.56. The van der Waals surface area contributed by atoms with Crippen LogP contribution in [-0.4, -0.2) is 50.2 Å². The third-order valence-corrected chi connectivity index (χ3v) is 4.25. The van der Waals surface area contributed by atoms with Gasteiger partial charge in [-0.15, -0.1) is 5.10 Å². The maximum Gasteiger partial charge on any atom is 0.421 e. The van der Waals surface area contributed by atoms with Crippen LogP contribution in [0.5, 0.6) is 0 Å². The van der Waals surface area contributed by atoms with Crippen LogP contribution in [0.4, 0.5) is 30.6 Å². The molecule has 1 unspecified atom stereocenters. The summed E-state index contributed by atoms with van der Waals surface area (Å²) in [6, 6.07) is 0. The largest absolute Gasteiger partial charge is 0.591 e. The second kappa shape index (κ2) is 7.89. The molecule has 0 saturated heterocycles. The molecule has 1 atom stereocenters. The zero-order valence-corrected chi connectivity index (χ0v) is 14.5. The Morgan fingerprint density at radius 1 is 1.40 bits per heavy atom. The van der Waals surface area contributed by atoms with Crippen molar-refractivity contribution in [3.63, 3.8) is 0 Å². The van der Waals surface area contributed by atoms with Crippen molar-refractivity contribution in [3.05, 3.63) is 23.7 Å². The number of hydrogen-bond acceptors (Lipinski definition) is 7. The van der Waals surface area contributed by atoms with Gasteiger partial charge in [-0.25, -0.2) is 4.98 Å². The summed E-state index contributed by atoms with van der Waals surface area (Å²) in [5.41, 5.74) is -0.0264. The molecule has 0 aromatic carbocycles. The summed E-state index contributed by atoms with van der Waals surface area (Å²) in [6.45, 7) is 1.97. The number of methoxy groups -OCH3 is 1. The SMILES string of the molecule is CNc1nc(Nc2cn([S+]([O-])CCOC)nc2C)ncc1C(F)(F)F. The number of alkyl halides is 3. The van der Waals surface area contributed by atoms with Gasteiger partial charge in [-0.1, -0.05) is 4.09 Å². The summed E-state index contributed by atoms with van der Waals surface area (Å²) in [6.07, 6.45) is -2.39. The number of aryl methyl sites for hydroxylation is 1. The molecule has 0 spiro atoms. The van der Waals surface area contributed by atoms with Crippen LogP contribution >= 0.6 is 0 Å². The van der Waals surface area contributed by atoms with E-state index in [2.05, 4.69) is 25.7 Å². The van der Waals surface area contributed by atoms with Crippen molar-refractivity contribution in [1.82, 2.24) is 19.2 Å². The van der Waals surface area contributed by atoms with Crippen molar-refractivity contribution in [3.8, 4) is 0 Å². The van der Waals surface area contributed by atoms with Crippen LogP contribution in [0, 0.1) is 6.92 Å². The highest BCUT2D eigenvalue weighted by molar-refractivity contribution is 7.89. The van der Waals surface area contributed by atoms with Crippen molar-refractivity contribution in [2.45, 2.75) is 13.1 Å². The van der Waals surface area contributed by atoms with E-state index in [1.807, 2.05) is 0 Å². The van der Waals surface area contributed by atoms with Crippen molar-refractivity contribution >= 4 is 28.8 Å². The zero-order valence-electron chi connectivity index (χ0n) is 13.7.